The number of nitrogens with zero attached hydrogens (tertiary/aromatic N) is 2. The molecular weight excluding hydrogens is 470 g/mol. The highest BCUT2D eigenvalue weighted by Crippen LogP contribution is 2.42. The lowest BCUT2D eigenvalue weighted by atomic mass is 9.95. The van der Waals surface area contributed by atoms with Gasteiger partial charge in [-0.2, -0.15) is 0 Å². The van der Waals surface area contributed by atoms with Crippen LogP contribution in [-0.4, -0.2) is 33.9 Å². The number of fused-ring (bicyclic) bond motifs is 2. The Morgan fingerprint density at radius 1 is 1.05 bits per heavy atom. The van der Waals surface area contributed by atoms with E-state index in [9.17, 15) is 14.7 Å². The van der Waals surface area contributed by atoms with Crippen molar-refractivity contribution in [3.8, 4) is 5.75 Å². The Hall–Kier alpha value is -4.85. The molecule has 1 unspecified atom stereocenters. The van der Waals surface area contributed by atoms with Crippen LogP contribution in [0.1, 0.15) is 33.3 Å². The standard InChI is InChI=1S/C29H23N3O5/c1-15-12-20-21(13-16(15)2)31-29(30-20)32-25(17-8-10-19(36-3)11-9-17)24(27(34)28(32)35)26(33)23-14-18-6-4-5-7-22(18)37-23/h4-14,25,34H,1-3H3,(H,30,31). The van der Waals surface area contributed by atoms with E-state index in [1.807, 2.05) is 44.2 Å². The molecule has 1 aliphatic rings. The number of para-hydroxylation sites is 1. The van der Waals surface area contributed by atoms with E-state index in [0.29, 0.717) is 22.4 Å². The Labute approximate surface area is 211 Å². The number of amides is 1. The van der Waals surface area contributed by atoms with Crippen LogP contribution in [0.15, 0.2) is 82.5 Å². The highest BCUT2D eigenvalue weighted by atomic mass is 16.5. The number of ketones is 1. The number of furan rings is 1. The van der Waals surface area contributed by atoms with E-state index < -0.39 is 23.5 Å². The van der Waals surface area contributed by atoms with Gasteiger partial charge in [-0.1, -0.05) is 30.3 Å². The molecule has 0 fully saturated rings. The van der Waals surface area contributed by atoms with Crippen LogP contribution in [0, 0.1) is 13.8 Å². The molecule has 3 aromatic carbocycles. The Bertz CT molecular complexity index is 1670. The van der Waals surface area contributed by atoms with Crippen molar-refractivity contribution in [2.75, 3.05) is 12.0 Å². The second kappa shape index (κ2) is 8.37. The average Bonchev–Trinajstić information content (AvgIpc) is 3.58. The molecule has 2 N–H and O–H groups in total. The number of hydrogen-bond acceptors (Lipinski definition) is 6. The van der Waals surface area contributed by atoms with Crippen molar-refractivity contribution in [3.63, 3.8) is 0 Å². The van der Waals surface area contributed by atoms with Gasteiger partial charge in [0.1, 0.15) is 11.3 Å². The summed E-state index contributed by atoms with van der Waals surface area (Å²) in [6.45, 7) is 3.98. The predicted octanol–water partition coefficient (Wildman–Crippen LogP) is 5.72. The second-order valence-electron chi connectivity index (χ2n) is 9.10. The molecule has 1 atom stereocenters. The monoisotopic (exact) mass is 493 g/mol. The number of methoxy groups -OCH3 is 1. The minimum Gasteiger partial charge on any atom is -0.503 e. The topological polar surface area (TPSA) is 109 Å². The maximum absolute atomic E-state index is 13.8. The Morgan fingerprint density at radius 2 is 1.78 bits per heavy atom. The number of aromatic amines is 1. The number of Topliss-reactive ketones (excluding diaryl/α,β-unsaturated/α-hetero) is 1. The summed E-state index contributed by atoms with van der Waals surface area (Å²) in [5.74, 6) is -1.07. The van der Waals surface area contributed by atoms with E-state index in [1.165, 1.54) is 4.90 Å². The molecule has 0 saturated heterocycles. The molecule has 0 radical (unpaired) electrons. The number of rotatable bonds is 5. The Balaban J connectivity index is 1.51. The van der Waals surface area contributed by atoms with Crippen molar-refractivity contribution in [3.05, 3.63) is 101 Å². The summed E-state index contributed by atoms with van der Waals surface area (Å²) < 4.78 is 11.1. The van der Waals surface area contributed by atoms with E-state index in [2.05, 4.69) is 9.97 Å². The smallest absolute Gasteiger partial charge is 0.296 e. The lowest BCUT2D eigenvalue weighted by molar-refractivity contribution is -0.117. The first-order chi connectivity index (χ1) is 17.9. The first-order valence-electron chi connectivity index (χ1n) is 11.8. The molecular formula is C29H23N3O5. The SMILES string of the molecule is COc1ccc(C2C(C(=O)c3cc4ccccc4o3)=C(O)C(=O)N2c2nc3cc(C)c(C)cc3[nH]2)cc1. The first kappa shape index (κ1) is 22.6. The molecule has 8 heteroatoms. The summed E-state index contributed by atoms with van der Waals surface area (Å²) in [5.41, 5.74) is 4.62. The fraction of sp³-hybridized carbons (Fsp3) is 0.138. The van der Waals surface area contributed by atoms with Gasteiger partial charge in [-0.25, -0.2) is 4.98 Å². The van der Waals surface area contributed by atoms with E-state index in [-0.39, 0.29) is 17.3 Å². The van der Waals surface area contributed by atoms with Gasteiger partial charge in [0.05, 0.1) is 29.8 Å². The molecule has 184 valence electrons. The zero-order valence-electron chi connectivity index (χ0n) is 20.4. The molecule has 0 bridgehead atoms. The van der Waals surface area contributed by atoms with Gasteiger partial charge < -0.3 is 19.2 Å². The van der Waals surface area contributed by atoms with Crippen LogP contribution >= 0.6 is 0 Å². The molecule has 5 aromatic rings. The van der Waals surface area contributed by atoms with Gasteiger partial charge >= 0.3 is 0 Å². The number of aromatic nitrogens is 2. The van der Waals surface area contributed by atoms with Gasteiger partial charge in [0, 0.05) is 5.39 Å². The minimum absolute atomic E-state index is 0.0340. The lowest BCUT2D eigenvalue weighted by Crippen LogP contribution is -2.32. The van der Waals surface area contributed by atoms with Crippen molar-refractivity contribution < 1.29 is 23.8 Å². The predicted molar refractivity (Wildman–Crippen MR) is 139 cm³/mol. The molecule has 2 aromatic heterocycles. The van der Waals surface area contributed by atoms with Crippen LogP contribution in [-0.2, 0) is 4.79 Å². The van der Waals surface area contributed by atoms with Gasteiger partial charge in [0.25, 0.3) is 5.91 Å². The number of aliphatic hydroxyl groups excluding tert-OH is 1. The molecule has 1 amide bonds. The van der Waals surface area contributed by atoms with Crippen LogP contribution in [0.4, 0.5) is 5.95 Å². The third-order valence-electron chi connectivity index (χ3n) is 6.85. The van der Waals surface area contributed by atoms with Gasteiger partial charge in [-0.3, -0.25) is 14.5 Å². The maximum atomic E-state index is 13.8. The lowest BCUT2D eigenvalue weighted by Gasteiger charge is -2.24. The second-order valence-corrected chi connectivity index (χ2v) is 9.10. The fourth-order valence-corrected chi connectivity index (χ4v) is 4.75. The number of ether oxygens (including phenoxy) is 1. The molecule has 8 nitrogen and oxygen atoms in total. The summed E-state index contributed by atoms with van der Waals surface area (Å²) in [7, 11) is 1.56. The highest BCUT2D eigenvalue weighted by Gasteiger charge is 2.46. The summed E-state index contributed by atoms with van der Waals surface area (Å²) in [4.78, 5) is 36.4. The molecule has 0 spiro atoms. The average molecular weight is 494 g/mol. The van der Waals surface area contributed by atoms with Crippen molar-refractivity contribution in [1.29, 1.82) is 0 Å². The number of carbonyl (C=O) groups is 2. The number of carbonyl (C=O) groups excluding carboxylic acids is 2. The van der Waals surface area contributed by atoms with Crippen LogP contribution in [0.2, 0.25) is 0 Å². The summed E-state index contributed by atoms with van der Waals surface area (Å²) in [5, 5.41) is 11.8. The van der Waals surface area contributed by atoms with Crippen LogP contribution < -0.4 is 9.64 Å². The number of aliphatic hydroxyl groups is 1. The minimum atomic E-state index is -0.943. The third kappa shape index (κ3) is 3.57. The Kier molecular flexibility index (Phi) is 5.12. The van der Waals surface area contributed by atoms with Gasteiger partial charge in [0.2, 0.25) is 11.7 Å². The number of benzene rings is 3. The van der Waals surface area contributed by atoms with E-state index in [4.69, 9.17) is 9.15 Å². The molecule has 6 rings (SSSR count). The normalized spacial score (nSPS) is 15.8. The fourth-order valence-electron chi connectivity index (χ4n) is 4.75. The summed E-state index contributed by atoms with van der Waals surface area (Å²) >= 11 is 0. The zero-order valence-corrected chi connectivity index (χ0v) is 20.4. The molecule has 37 heavy (non-hydrogen) atoms. The number of nitrogens with one attached hydrogen (secondary N) is 1. The number of H-pyrrole nitrogens is 1. The van der Waals surface area contributed by atoms with Gasteiger partial charge in [-0.15, -0.1) is 0 Å². The van der Waals surface area contributed by atoms with Crippen LogP contribution in [0.25, 0.3) is 22.0 Å². The van der Waals surface area contributed by atoms with Crippen LogP contribution in [0.5, 0.6) is 5.75 Å². The Morgan fingerprint density at radius 3 is 2.51 bits per heavy atom. The number of imidazole rings is 1. The number of hydrogen-bond donors (Lipinski definition) is 2. The van der Waals surface area contributed by atoms with E-state index in [0.717, 1.165) is 22.0 Å². The van der Waals surface area contributed by atoms with Crippen molar-refractivity contribution >= 4 is 39.6 Å². The van der Waals surface area contributed by atoms with Crippen molar-refractivity contribution in [2.24, 2.45) is 0 Å². The molecule has 0 saturated carbocycles. The van der Waals surface area contributed by atoms with Gasteiger partial charge in [-0.05, 0) is 66.9 Å². The maximum Gasteiger partial charge on any atom is 0.296 e. The van der Waals surface area contributed by atoms with Crippen molar-refractivity contribution in [1.82, 2.24) is 9.97 Å². The quantitative estimate of drug-likeness (QED) is 0.303. The summed E-state index contributed by atoms with van der Waals surface area (Å²) in [6, 6.07) is 18.8. The number of anilines is 1. The largest absolute Gasteiger partial charge is 0.503 e. The first-order valence-corrected chi connectivity index (χ1v) is 11.8. The zero-order chi connectivity index (χ0) is 25.8. The van der Waals surface area contributed by atoms with Crippen LogP contribution in [0.3, 0.4) is 0 Å². The van der Waals surface area contributed by atoms with E-state index >= 15 is 0 Å². The molecule has 0 aliphatic carbocycles. The molecule has 3 heterocycles. The third-order valence-corrected chi connectivity index (χ3v) is 6.85. The number of aryl methyl sites for hydroxylation is 2. The van der Waals surface area contributed by atoms with Gasteiger partial charge in [0.15, 0.2) is 11.5 Å². The summed E-state index contributed by atoms with van der Waals surface area (Å²) in [6.07, 6.45) is 0. The van der Waals surface area contributed by atoms with E-state index in [1.54, 1.807) is 43.5 Å². The molecule has 1 aliphatic heterocycles. The van der Waals surface area contributed by atoms with Crippen molar-refractivity contribution in [2.45, 2.75) is 19.9 Å². The highest BCUT2D eigenvalue weighted by molar-refractivity contribution is 6.20.